The maximum Gasteiger partial charge on any atom is 1.00 e. The van der Waals surface area contributed by atoms with E-state index in [0.717, 1.165) is 38.9 Å². The third-order valence-electron chi connectivity index (χ3n) is 9.63. The molecule has 0 aromatic heterocycles. The molecular weight excluding hydrogens is 851 g/mol. The van der Waals surface area contributed by atoms with Crippen LogP contribution in [0.3, 0.4) is 0 Å². The summed E-state index contributed by atoms with van der Waals surface area (Å²) < 4.78 is 53.8. The Hall–Kier alpha value is -4.43. The van der Waals surface area contributed by atoms with Crippen molar-refractivity contribution >= 4 is 30.5 Å². The van der Waals surface area contributed by atoms with Gasteiger partial charge in [-0.05, 0) is 42.0 Å². The summed E-state index contributed by atoms with van der Waals surface area (Å²) in [6.45, 7) is 4.30. The molecule has 65 heavy (non-hydrogen) atoms. The molecule has 0 atom stereocenters. The second-order valence-corrected chi connectivity index (χ2v) is 13.9. The SMILES string of the molecule is COC(=O)CCc1ccc(C2OCCO2)c(C2OCCO2)c1.COC(=O)CCc1ccc(C=O)c(C=O)c1.O=C(O)CCc1ccc(C2OCCO2)c(C2OCCO2)c1.OCCO.[Li+].[OH-]. The van der Waals surface area contributed by atoms with Crippen LogP contribution in [0.1, 0.15) is 104 Å². The molecule has 352 valence electrons. The van der Waals surface area contributed by atoms with Crippen molar-refractivity contribution in [2.45, 2.75) is 63.7 Å². The predicted molar refractivity (Wildman–Crippen MR) is 221 cm³/mol. The van der Waals surface area contributed by atoms with E-state index < -0.39 is 24.8 Å². The molecule has 3 aromatic rings. The van der Waals surface area contributed by atoms with Crippen LogP contribution in [-0.2, 0) is 81.0 Å². The Morgan fingerprint density at radius 3 is 1.17 bits per heavy atom. The number of hydrogen-bond acceptors (Lipinski definition) is 18. The van der Waals surface area contributed by atoms with Crippen LogP contribution < -0.4 is 18.9 Å². The Labute approximate surface area is 388 Å². The fraction of sp³-hybridized carbons (Fsp3) is 0.489. The maximum absolute atomic E-state index is 11.3. The molecule has 4 aliphatic heterocycles. The summed E-state index contributed by atoms with van der Waals surface area (Å²) in [4.78, 5) is 54.2. The van der Waals surface area contributed by atoms with Crippen molar-refractivity contribution in [2.24, 2.45) is 0 Å². The maximum atomic E-state index is 11.3. The quantitative estimate of drug-likeness (QED) is 0.102. The average molecular weight is 909 g/mol. The molecule has 19 nitrogen and oxygen atoms in total. The molecule has 4 saturated heterocycles. The minimum absolute atomic E-state index is 0. The third kappa shape index (κ3) is 18.8. The fourth-order valence-electron chi connectivity index (χ4n) is 6.49. The van der Waals surface area contributed by atoms with Crippen LogP contribution in [0, 0.1) is 0 Å². The molecule has 0 saturated carbocycles. The molecule has 0 bridgehead atoms. The molecule has 0 amide bonds. The second kappa shape index (κ2) is 31.5. The Balaban J connectivity index is 0.000000320. The van der Waals surface area contributed by atoms with Crippen molar-refractivity contribution in [2.75, 3.05) is 80.3 Å². The number of aliphatic carboxylic acids is 1. The van der Waals surface area contributed by atoms with Crippen molar-refractivity contribution in [3.05, 3.63) is 105 Å². The fourth-order valence-corrected chi connectivity index (χ4v) is 6.49. The third-order valence-corrected chi connectivity index (χ3v) is 9.63. The average Bonchev–Trinajstić information content (AvgIpc) is 4.19. The first kappa shape index (κ1) is 56.7. The van der Waals surface area contributed by atoms with E-state index in [1.54, 1.807) is 18.2 Å². The van der Waals surface area contributed by atoms with E-state index in [1.165, 1.54) is 14.2 Å². The first-order valence-electron chi connectivity index (χ1n) is 20.4. The van der Waals surface area contributed by atoms with Gasteiger partial charge in [0.05, 0.1) is 80.3 Å². The molecule has 7 rings (SSSR count). The van der Waals surface area contributed by atoms with E-state index in [1.807, 2.05) is 36.4 Å². The molecule has 4 fully saturated rings. The van der Waals surface area contributed by atoms with Gasteiger partial charge in [0.1, 0.15) is 0 Å². The van der Waals surface area contributed by atoms with Crippen LogP contribution in [-0.4, -0.2) is 132 Å². The number of carbonyl (C=O) groups excluding carboxylic acids is 4. The van der Waals surface area contributed by atoms with Gasteiger partial charge in [-0.15, -0.1) is 0 Å². The van der Waals surface area contributed by atoms with Crippen LogP contribution in [0.15, 0.2) is 54.6 Å². The first-order valence-corrected chi connectivity index (χ1v) is 20.4. The van der Waals surface area contributed by atoms with E-state index in [0.29, 0.717) is 102 Å². The van der Waals surface area contributed by atoms with Crippen molar-refractivity contribution in [1.82, 2.24) is 0 Å². The van der Waals surface area contributed by atoms with Crippen LogP contribution in [0.5, 0.6) is 0 Å². The van der Waals surface area contributed by atoms with E-state index in [4.69, 9.17) is 53.2 Å². The number of benzene rings is 3. The smallest absolute Gasteiger partial charge is 0.870 e. The molecular formula is C45H57LiO19. The molecule has 4 N–H and O–H groups in total. The number of aryl methyl sites for hydroxylation is 3. The van der Waals surface area contributed by atoms with Gasteiger partial charge in [0, 0.05) is 52.6 Å². The Kier molecular flexibility index (Phi) is 27.5. The van der Waals surface area contributed by atoms with Gasteiger partial charge in [0.15, 0.2) is 37.7 Å². The topological polar surface area (TPSA) is 268 Å². The Morgan fingerprint density at radius 2 is 0.846 bits per heavy atom. The second-order valence-electron chi connectivity index (χ2n) is 13.9. The summed E-state index contributed by atoms with van der Waals surface area (Å²) in [6.07, 6.45) is 1.93. The minimum Gasteiger partial charge on any atom is -0.870 e. The summed E-state index contributed by atoms with van der Waals surface area (Å²) in [7, 11) is 2.72. The zero-order valence-electron chi connectivity index (χ0n) is 36.9. The zero-order valence-corrected chi connectivity index (χ0v) is 36.9. The van der Waals surface area contributed by atoms with Gasteiger partial charge in [-0.3, -0.25) is 24.0 Å². The van der Waals surface area contributed by atoms with Crippen LogP contribution in [0.2, 0.25) is 0 Å². The van der Waals surface area contributed by atoms with Gasteiger partial charge in [0.25, 0.3) is 0 Å². The van der Waals surface area contributed by atoms with E-state index >= 15 is 0 Å². The number of esters is 2. The van der Waals surface area contributed by atoms with E-state index in [2.05, 4.69) is 9.47 Å². The Bertz CT molecular complexity index is 1900. The van der Waals surface area contributed by atoms with Gasteiger partial charge in [-0.1, -0.05) is 48.5 Å². The molecule has 0 unspecified atom stereocenters. The van der Waals surface area contributed by atoms with Crippen molar-refractivity contribution in [1.29, 1.82) is 0 Å². The van der Waals surface area contributed by atoms with Crippen molar-refractivity contribution in [3.8, 4) is 0 Å². The largest absolute Gasteiger partial charge is 1.00 e. The number of carboxylic acid groups (broad SMARTS) is 1. The number of carbonyl (C=O) groups is 5. The van der Waals surface area contributed by atoms with E-state index in [-0.39, 0.29) is 68.6 Å². The van der Waals surface area contributed by atoms with Gasteiger partial charge < -0.3 is 68.2 Å². The van der Waals surface area contributed by atoms with Crippen molar-refractivity contribution < 1.29 is 111 Å². The molecule has 0 aliphatic carbocycles. The molecule has 4 aliphatic rings. The van der Waals surface area contributed by atoms with Crippen LogP contribution in [0.4, 0.5) is 0 Å². The van der Waals surface area contributed by atoms with Gasteiger partial charge in [0.2, 0.25) is 0 Å². The summed E-state index contributed by atoms with van der Waals surface area (Å²) in [6, 6.07) is 16.6. The summed E-state index contributed by atoms with van der Waals surface area (Å²) in [5.74, 6) is -1.33. The number of rotatable bonds is 16. The number of aldehydes is 2. The zero-order chi connectivity index (χ0) is 45.4. The number of hydrogen-bond donors (Lipinski definition) is 3. The number of carboxylic acids is 1. The standard InChI is InChI=1S/C16H20O6.C15H18O6.C12H12O4.C2H6O2.Li.H2O/c1-18-14(17)5-3-11-2-4-12(15-19-6-7-20-15)13(10-11)16-21-8-9-22-16;16-13(17)4-2-10-1-3-11(14-18-5-6-19-14)12(9-10)15-20-7-8-21-15;1-16-12(15)5-3-9-2-4-10(7-13)11(6-9)8-14;3-1-2-4;;/h2,4,10,15-16H,3,5-9H2,1H3;1,3,9,14-15H,2,4-8H2,(H,16,17);2,4,6-8H,3,5H2,1H3;3-4H,1-2H2;;1H2/q;;;;+1;/p-1. The summed E-state index contributed by atoms with van der Waals surface area (Å²) in [5.41, 5.74) is 7.08. The molecule has 0 radical (unpaired) electrons. The van der Waals surface area contributed by atoms with Gasteiger partial charge >= 0.3 is 36.8 Å². The van der Waals surface area contributed by atoms with Crippen LogP contribution >= 0.6 is 0 Å². The van der Waals surface area contributed by atoms with Crippen molar-refractivity contribution in [3.63, 3.8) is 0 Å². The van der Waals surface area contributed by atoms with E-state index in [9.17, 15) is 24.0 Å². The number of ether oxygens (including phenoxy) is 10. The Morgan fingerprint density at radius 1 is 0.523 bits per heavy atom. The molecule has 3 aromatic carbocycles. The summed E-state index contributed by atoms with van der Waals surface area (Å²) in [5, 5.41) is 24.0. The first-order chi connectivity index (χ1) is 30.6. The number of aliphatic hydroxyl groups is 2. The number of aliphatic hydroxyl groups excluding tert-OH is 2. The summed E-state index contributed by atoms with van der Waals surface area (Å²) >= 11 is 0. The minimum atomic E-state index is -0.809. The van der Waals surface area contributed by atoms with Gasteiger partial charge in [-0.25, -0.2) is 0 Å². The number of methoxy groups -OCH3 is 2. The normalized spacial score (nSPS) is 16.0. The molecule has 4 heterocycles. The molecule has 0 spiro atoms. The van der Waals surface area contributed by atoms with Crippen LogP contribution in [0.25, 0.3) is 0 Å². The van der Waals surface area contributed by atoms with Gasteiger partial charge in [-0.2, -0.15) is 0 Å². The predicted octanol–water partition coefficient (Wildman–Crippen LogP) is 0.893. The molecule has 20 heteroatoms. The monoisotopic (exact) mass is 908 g/mol.